The molecule has 0 saturated carbocycles. The lowest BCUT2D eigenvalue weighted by Crippen LogP contribution is -2.22. The maximum atomic E-state index is 10.9. The van der Waals surface area contributed by atoms with E-state index >= 15 is 0 Å². The Hall–Kier alpha value is -2.16. The molecule has 0 aliphatic heterocycles. The topological polar surface area (TPSA) is 33.2 Å². The van der Waals surface area contributed by atoms with Crippen LogP contribution in [-0.4, -0.2) is 17.8 Å². The lowest BCUT2D eigenvalue weighted by molar-refractivity contribution is 0.112. The van der Waals surface area contributed by atoms with Gasteiger partial charge in [0.2, 0.25) is 0 Å². The minimum Gasteiger partial charge on any atom is -0.366 e. The van der Waals surface area contributed by atoms with E-state index in [0.717, 1.165) is 47.6 Å². The molecule has 0 N–H and O–H groups in total. The van der Waals surface area contributed by atoms with E-state index in [1.807, 2.05) is 44.2 Å². The molecule has 2 rings (SSSR count). The summed E-state index contributed by atoms with van der Waals surface area (Å²) in [4.78, 5) is 17.7. The molecular weight excluding hydrogens is 248 g/mol. The Labute approximate surface area is 120 Å². The minimum atomic E-state index is 0.749. The van der Waals surface area contributed by atoms with Crippen molar-refractivity contribution >= 4 is 12.0 Å². The maximum Gasteiger partial charge on any atom is 0.150 e. The molecule has 0 radical (unpaired) electrons. The van der Waals surface area contributed by atoms with Crippen molar-refractivity contribution in [2.24, 2.45) is 0 Å². The van der Waals surface area contributed by atoms with Gasteiger partial charge in [0.05, 0.1) is 12.2 Å². The number of aryl methyl sites for hydroxylation is 2. The quantitative estimate of drug-likeness (QED) is 0.778. The first-order chi connectivity index (χ1) is 9.63. The maximum absolute atomic E-state index is 10.9. The SMILES string of the molecule is CCN(Cc1cccc(C)n1)c1ccc(C=O)c(C)c1. The fraction of sp³-hybridized carbons (Fsp3) is 0.294. The predicted molar refractivity (Wildman–Crippen MR) is 82.3 cm³/mol. The highest BCUT2D eigenvalue weighted by molar-refractivity contribution is 5.78. The van der Waals surface area contributed by atoms with E-state index in [2.05, 4.69) is 22.9 Å². The van der Waals surface area contributed by atoms with Gasteiger partial charge in [-0.2, -0.15) is 0 Å². The number of pyridine rings is 1. The van der Waals surface area contributed by atoms with Crippen LogP contribution in [0.2, 0.25) is 0 Å². The first kappa shape index (κ1) is 14.3. The third-order valence-electron chi connectivity index (χ3n) is 3.43. The smallest absolute Gasteiger partial charge is 0.150 e. The molecule has 0 fully saturated rings. The molecule has 0 saturated heterocycles. The van der Waals surface area contributed by atoms with Gasteiger partial charge in [-0.05, 0) is 56.7 Å². The van der Waals surface area contributed by atoms with Crippen LogP contribution in [0.3, 0.4) is 0 Å². The normalized spacial score (nSPS) is 10.3. The molecular formula is C17H20N2O. The van der Waals surface area contributed by atoms with Gasteiger partial charge in [-0.15, -0.1) is 0 Å². The highest BCUT2D eigenvalue weighted by Gasteiger charge is 2.08. The number of anilines is 1. The third-order valence-corrected chi connectivity index (χ3v) is 3.43. The van der Waals surface area contributed by atoms with Crippen LogP contribution in [0.15, 0.2) is 36.4 Å². The Morgan fingerprint density at radius 1 is 1.20 bits per heavy atom. The molecule has 0 aliphatic carbocycles. The lowest BCUT2D eigenvalue weighted by atomic mass is 10.1. The second-order valence-corrected chi connectivity index (χ2v) is 4.94. The van der Waals surface area contributed by atoms with Gasteiger partial charge in [-0.1, -0.05) is 6.07 Å². The number of rotatable bonds is 5. The molecule has 104 valence electrons. The lowest BCUT2D eigenvalue weighted by Gasteiger charge is -2.23. The molecule has 0 bridgehead atoms. The summed E-state index contributed by atoms with van der Waals surface area (Å²) in [6.45, 7) is 7.76. The molecule has 0 unspecified atom stereocenters. The number of carbonyl (C=O) groups excluding carboxylic acids is 1. The number of aromatic nitrogens is 1. The van der Waals surface area contributed by atoms with Crippen molar-refractivity contribution in [2.45, 2.75) is 27.3 Å². The average Bonchev–Trinajstić information content (AvgIpc) is 2.44. The number of nitrogens with zero attached hydrogens (tertiary/aromatic N) is 2. The van der Waals surface area contributed by atoms with Crippen molar-refractivity contribution in [3.63, 3.8) is 0 Å². The molecule has 0 atom stereocenters. The van der Waals surface area contributed by atoms with Gasteiger partial charge in [0.15, 0.2) is 0 Å². The monoisotopic (exact) mass is 268 g/mol. The third kappa shape index (κ3) is 3.23. The number of carbonyl (C=O) groups is 1. The number of aldehydes is 1. The molecule has 0 spiro atoms. The Morgan fingerprint density at radius 3 is 2.60 bits per heavy atom. The van der Waals surface area contributed by atoms with Gasteiger partial charge < -0.3 is 4.90 Å². The summed E-state index contributed by atoms with van der Waals surface area (Å²) in [7, 11) is 0. The van der Waals surface area contributed by atoms with Crippen molar-refractivity contribution < 1.29 is 4.79 Å². The Kier molecular flexibility index (Phi) is 4.51. The first-order valence-corrected chi connectivity index (χ1v) is 6.87. The van der Waals surface area contributed by atoms with Crippen LogP contribution in [0.25, 0.3) is 0 Å². The van der Waals surface area contributed by atoms with Crippen LogP contribution in [0.5, 0.6) is 0 Å². The van der Waals surface area contributed by atoms with Gasteiger partial charge in [0, 0.05) is 23.5 Å². The van der Waals surface area contributed by atoms with Crippen molar-refractivity contribution in [1.82, 2.24) is 4.98 Å². The Balaban J connectivity index is 2.24. The van der Waals surface area contributed by atoms with Gasteiger partial charge in [-0.3, -0.25) is 9.78 Å². The molecule has 0 aliphatic rings. The fourth-order valence-electron chi connectivity index (χ4n) is 2.26. The van der Waals surface area contributed by atoms with E-state index in [1.54, 1.807) is 0 Å². The summed E-state index contributed by atoms with van der Waals surface area (Å²) in [5.74, 6) is 0. The molecule has 3 heteroatoms. The predicted octanol–water partition coefficient (Wildman–Crippen LogP) is 3.54. The van der Waals surface area contributed by atoms with Gasteiger partial charge >= 0.3 is 0 Å². The molecule has 0 amide bonds. The van der Waals surface area contributed by atoms with E-state index in [4.69, 9.17) is 0 Å². The minimum absolute atomic E-state index is 0.749. The Morgan fingerprint density at radius 2 is 2.00 bits per heavy atom. The zero-order valence-corrected chi connectivity index (χ0v) is 12.3. The molecule has 20 heavy (non-hydrogen) atoms. The van der Waals surface area contributed by atoms with Crippen LogP contribution in [0, 0.1) is 13.8 Å². The van der Waals surface area contributed by atoms with Crippen molar-refractivity contribution in [2.75, 3.05) is 11.4 Å². The van der Waals surface area contributed by atoms with E-state index in [9.17, 15) is 4.79 Å². The molecule has 1 aromatic heterocycles. The zero-order chi connectivity index (χ0) is 14.5. The van der Waals surface area contributed by atoms with Gasteiger partial charge in [-0.25, -0.2) is 0 Å². The van der Waals surface area contributed by atoms with Crippen molar-refractivity contribution in [3.8, 4) is 0 Å². The van der Waals surface area contributed by atoms with Crippen LogP contribution >= 0.6 is 0 Å². The second-order valence-electron chi connectivity index (χ2n) is 4.94. The standard InChI is InChI=1S/C17H20N2O/c1-4-19(11-16-7-5-6-14(3)18-16)17-9-8-15(12-20)13(2)10-17/h5-10,12H,4,11H2,1-3H3. The highest BCUT2D eigenvalue weighted by atomic mass is 16.1. The van der Waals surface area contributed by atoms with Crippen molar-refractivity contribution in [1.29, 1.82) is 0 Å². The zero-order valence-electron chi connectivity index (χ0n) is 12.3. The summed E-state index contributed by atoms with van der Waals surface area (Å²) in [5.41, 5.74) is 4.97. The molecule has 1 heterocycles. The summed E-state index contributed by atoms with van der Waals surface area (Å²) < 4.78 is 0. The average molecular weight is 268 g/mol. The summed E-state index contributed by atoms with van der Waals surface area (Å²) >= 11 is 0. The largest absolute Gasteiger partial charge is 0.366 e. The Bertz CT molecular complexity index is 608. The van der Waals surface area contributed by atoms with Crippen LogP contribution in [0.1, 0.15) is 34.2 Å². The van der Waals surface area contributed by atoms with Crippen LogP contribution < -0.4 is 4.90 Å². The number of benzene rings is 1. The summed E-state index contributed by atoms with van der Waals surface area (Å²) in [6, 6.07) is 12.0. The number of hydrogen-bond donors (Lipinski definition) is 0. The summed E-state index contributed by atoms with van der Waals surface area (Å²) in [6.07, 6.45) is 0.900. The number of hydrogen-bond acceptors (Lipinski definition) is 3. The van der Waals surface area contributed by atoms with E-state index < -0.39 is 0 Å². The molecule has 3 nitrogen and oxygen atoms in total. The summed E-state index contributed by atoms with van der Waals surface area (Å²) in [5, 5.41) is 0. The van der Waals surface area contributed by atoms with Gasteiger partial charge in [0.1, 0.15) is 6.29 Å². The second kappa shape index (κ2) is 6.33. The van der Waals surface area contributed by atoms with E-state index in [1.165, 1.54) is 0 Å². The van der Waals surface area contributed by atoms with E-state index in [-0.39, 0.29) is 0 Å². The van der Waals surface area contributed by atoms with Gasteiger partial charge in [0.25, 0.3) is 0 Å². The first-order valence-electron chi connectivity index (χ1n) is 6.87. The molecule has 1 aromatic carbocycles. The van der Waals surface area contributed by atoms with Crippen LogP contribution in [-0.2, 0) is 6.54 Å². The van der Waals surface area contributed by atoms with E-state index in [0.29, 0.717) is 0 Å². The van der Waals surface area contributed by atoms with Crippen molar-refractivity contribution in [3.05, 3.63) is 58.9 Å². The van der Waals surface area contributed by atoms with Crippen LogP contribution in [0.4, 0.5) is 5.69 Å². The molecule has 2 aromatic rings. The highest BCUT2D eigenvalue weighted by Crippen LogP contribution is 2.20. The fourth-order valence-corrected chi connectivity index (χ4v) is 2.26.